The van der Waals surface area contributed by atoms with Crippen LogP contribution >= 0.6 is 0 Å². The van der Waals surface area contributed by atoms with Gasteiger partial charge < -0.3 is 14.7 Å². The third kappa shape index (κ3) is 3.97. The standard InChI is InChI=1S/C16H23NO3/c1-12(14-7-5-9-17(2)11-14)20-15-8-4-3-6-13(15)10-16(18)19/h3-4,6,8,12,14H,5,7,9-11H2,1-2H3,(H,18,19). The van der Waals surface area contributed by atoms with Gasteiger partial charge in [0.15, 0.2) is 0 Å². The van der Waals surface area contributed by atoms with Gasteiger partial charge in [-0.1, -0.05) is 18.2 Å². The Hall–Kier alpha value is -1.55. The maximum absolute atomic E-state index is 10.9. The first-order valence-electron chi connectivity index (χ1n) is 7.21. The fraction of sp³-hybridized carbons (Fsp3) is 0.562. The first-order chi connectivity index (χ1) is 9.56. The monoisotopic (exact) mass is 277 g/mol. The van der Waals surface area contributed by atoms with Gasteiger partial charge in [-0.25, -0.2) is 0 Å². The fourth-order valence-electron chi connectivity index (χ4n) is 2.81. The molecule has 0 aliphatic carbocycles. The lowest BCUT2D eigenvalue weighted by atomic mass is 9.93. The Kier molecular flexibility index (Phi) is 5.01. The third-order valence-corrected chi connectivity index (χ3v) is 3.95. The van der Waals surface area contributed by atoms with Crippen LogP contribution in [0.4, 0.5) is 0 Å². The van der Waals surface area contributed by atoms with Crippen molar-refractivity contribution in [3.05, 3.63) is 29.8 Å². The largest absolute Gasteiger partial charge is 0.490 e. The lowest BCUT2D eigenvalue weighted by molar-refractivity contribution is -0.136. The van der Waals surface area contributed by atoms with Crippen molar-refractivity contribution in [1.29, 1.82) is 0 Å². The fourth-order valence-corrected chi connectivity index (χ4v) is 2.81. The molecular formula is C16H23NO3. The highest BCUT2D eigenvalue weighted by atomic mass is 16.5. The van der Waals surface area contributed by atoms with E-state index in [-0.39, 0.29) is 12.5 Å². The molecule has 2 atom stereocenters. The number of piperidine rings is 1. The van der Waals surface area contributed by atoms with Crippen LogP contribution < -0.4 is 4.74 Å². The maximum atomic E-state index is 10.9. The zero-order chi connectivity index (χ0) is 14.5. The van der Waals surface area contributed by atoms with Crippen molar-refractivity contribution in [1.82, 2.24) is 4.90 Å². The number of ether oxygens (including phenoxy) is 1. The second kappa shape index (κ2) is 6.75. The number of carbonyl (C=O) groups is 1. The van der Waals surface area contributed by atoms with Gasteiger partial charge in [-0.15, -0.1) is 0 Å². The van der Waals surface area contributed by atoms with Crippen molar-refractivity contribution < 1.29 is 14.6 Å². The summed E-state index contributed by atoms with van der Waals surface area (Å²) < 4.78 is 6.04. The molecule has 110 valence electrons. The van der Waals surface area contributed by atoms with Gasteiger partial charge in [0.25, 0.3) is 0 Å². The minimum absolute atomic E-state index is 0.00740. The van der Waals surface area contributed by atoms with Crippen molar-refractivity contribution >= 4 is 5.97 Å². The minimum atomic E-state index is -0.828. The van der Waals surface area contributed by atoms with Gasteiger partial charge in [0.1, 0.15) is 5.75 Å². The predicted molar refractivity (Wildman–Crippen MR) is 78.1 cm³/mol. The molecule has 1 heterocycles. The highest BCUT2D eigenvalue weighted by Gasteiger charge is 2.24. The van der Waals surface area contributed by atoms with Crippen molar-refractivity contribution in [2.75, 3.05) is 20.1 Å². The first kappa shape index (κ1) is 14.9. The summed E-state index contributed by atoms with van der Waals surface area (Å²) in [5.41, 5.74) is 0.746. The Bertz CT molecular complexity index is 461. The number of carboxylic acids is 1. The van der Waals surface area contributed by atoms with Gasteiger partial charge in [0.05, 0.1) is 12.5 Å². The number of nitrogens with zero attached hydrogens (tertiary/aromatic N) is 1. The Morgan fingerprint density at radius 2 is 2.25 bits per heavy atom. The smallest absolute Gasteiger partial charge is 0.307 e. The van der Waals surface area contributed by atoms with Gasteiger partial charge in [-0.3, -0.25) is 4.79 Å². The molecule has 0 aromatic heterocycles. The molecule has 1 fully saturated rings. The zero-order valence-corrected chi connectivity index (χ0v) is 12.2. The molecule has 1 aromatic rings. The van der Waals surface area contributed by atoms with E-state index in [0.29, 0.717) is 11.7 Å². The van der Waals surface area contributed by atoms with Crippen molar-refractivity contribution in [2.45, 2.75) is 32.3 Å². The molecule has 4 nitrogen and oxygen atoms in total. The summed E-state index contributed by atoms with van der Waals surface area (Å²) in [6.45, 7) is 4.28. The van der Waals surface area contributed by atoms with Gasteiger partial charge in [0.2, 0.25) is 0 Å². The van der Waals surface area contributed by atoms with E-state index in [1.54, 1.807) is 0 Å². The van der Waals surface area contributed by atoms with E-state index < -0.39 is 5.97 Å². The van der Waals surface area contributed by atoms with Crippen LogP contribution in [0.2, 0.25) is 0 Å². The molecule has 0 spiro atoms. The van der Waals surface area contributed by atoms with Crippen molar-refractivity contribution in [3.8, 4) is 5.75 Å². The topological polar surface area (TPSA) is 49.8 Å². The van der Waals surface area contributed by atoms with Crippen LogP contribution in [0.3, 0.4) is 0 Å². The van der Waals surface area contributed by atoms with Crippen LogP contribution in [0.25, 0.3) is 0 Å². The number of hydrogen-bond acceptors (Lipinski definition) is 3. The summed E-state index contributed by atoms with van der Waals surface area (Å²) in [6, 6.07) is 7.43. The molecule has 1 aliphatic heterocycles. The highest BCUT2D eigenvalue weighted by Crippen LogP contribution is 2.25. The summed E-state index contributed by atoms with van der Waals surface area (Å²) in [5, 5.41) is 8.95. The van der Waals surface area contributed by atoms with Crippen molar-refractivity contribution in [2.24, 2.45) is 5.92 Å². The summed E-state index contributed by atoms with van der Waals surface area (Å²) in [7, 11) is 2.14. The molecule has 1 saturated heterocycles. The van der Waals surface area contributed by atoms with E-state index in [1.807, 2.05) is 24.3 Å². The first-order valence-corrected chi connectivity index (χ1v) is 7.21. The average Bonchev–Trinajstić information content (AvgIpc) is 2.40. The number of para-hydroxylation sites is 1. The Morgan fingerprint density at radius 1 is 1.50 bits per heavy atom. The van der Waals surface area contributed by atoms with Crippen LogP contribution in [-0.2, 0) is 11.2 Å². The Morgan fingerprint density at radius 3 is 2.95 bits per heavy atom. The zero-order valence-electron chi connectivity index (χ0n) is 12.2. The van der Waals surface area contributed by atoms with Crippen LogP contribution in [0.5, 0.6) is 5.75 Å². The number of aliphatic carboxylic acids is 1. The second-order valence-electron chi connectivity index (χ2n) is 5.67. The number of rotatable bonds is 5. The number of carboxylic acid groups (broad SMARTS) is 1. The number of likely N-dealkylation sites (tertiary alicyclic amines) is 1. The molecule has 1 aliphatic rings. The molecule has 0 saturated carbocycles. The average molecular weight is 277 g/mol. The quantitative estimate of drug-likeness (QED) is 0.898. The minimum Gasteiger partial charge on any atom is -0.490 e. The molecular weight excluding hydrogens is 254 g/mol. The normalized spacial score (nSPS) is 21.4. The summed E-state index contributed by atoms with van der Waals surface area (Å²) >= 11 is 0. The highest BCUT2D eigenvalue weighted by molar-refractivity contribution is 5.71. The van der Waals surface area contributed by atoms with Crippen LogP contribution in [0.15, 0.2) is 24.3 Å². The molecule has 2 rings (SSSR count). The molecule has 2 unspecified atom stereocenters. The summed E-state index contributed by atoms with van der Waals surface area (Å²) in [5.74, 6) is 0.383. The summed E-state index contributed by atoms with van der Waals surface area (Å²) in [4.78, 5) is 13.2. The molecule has 0 bridgehead atoms. The van der Waals surface area contributed by atoms with Crippen molar-refractivity contribution in [3.63, 3.8) is 0 Å². The third-order valence-electron chi connectivity index (χ3n) is 3.95. The van der Waals surface area contributed by atoms with Gasteiger partial charge in [-0.05, 0) is 39.4 Å². The number of benzene rings is 1. The van der Waals surface area contributed by atoms with Crippen LogP contribution in [-0.4, -0.2) is 42.2 Å². The maximum Gasteiger partial charge on any atom is 0.307 e. The molecule has 20 heavy (non-hydrogen) atoms. The molecule has 0 amide bonds. The van der Waals surface area contributed by atoms with Gasteiger partial charge in [-0.2, -0.15) is 0 Å². The number of hydrogen-bond donors (Lipinski definition) is 1. The predicted octanol–water partition coefficient (Wildman–Crippen LogP) is 2.42. The molecule has 1 aromatic carbocycles. The Balaban J connectivity index is 2.03. The molecule has 4 heteroatoms. The van der Waals surface area contributed by atoms with E-state index >= 15 is 0 Å². The van der Waals surface area contributed by atoms with E-state index in [1.165, 1.54) is 12.8 Å². The van der Waals surface area contributed by atoms with E-state index in [4.69, 9.17) is 9.84 Å². The molecule has 0 radical (unpaired) electrons. The lowest BCUT2D eigenvalue weighted by Crippen LogP contribution is -2.39. The van der Waals surface area contributed by atoms with Crippen LogP contribution in [0, 0.1) is 5.92 Å². The Labute approximate surface area is 120 Å². The second-order valence-corrected chi connectivity index (χ2v) is 5.67. The van der Waals surface area contributed by atoms with E-state index in [2.05, 4.69) is 18.9 Å². The van der Waals surface area contributed by atoms with E-state index in [9.17, 15) is 4.79 Å². The van der Waals surface area contributed by atoms with Gasteiger partial charge >= 0.3 is 5.97 Å². The summed E-state index contributed by atoms with van der Waals surface area (Å²) in [6.07, 6.45) is 2.49. The lowest BCUT2D eigenvalue weighted by Gasteiger charge is -2.33. The molecule has 1 N–H and O–H groups in total. The van der Waals surface area contributed by atoms with E-state index in [0.717, 1.165) is 18.7 Å². The van der Waals surface area contributed by atoms with Crippen LogP contribution in [0.1, 0.15) is 25.3 Å². The van der Waals surface area contributed by atoms with Gasteiger partial charge in [0, 0.05) is 18.0 Å². The SMILES string of the molecule is CC(Oc1ccccc1CC(=O)O)C1CCCN(C)C1.